The van der Waals surface area contributed by atoms with E-state index in [0.717, 1.165) is 71.3 Å². The van der Waals surface area contributed by atoms with Crippen molar-refractivity contribution in [3.05, 3.63) is 0 Å². The Bertz CT molecular complexity index is 442. The van der Waals surface area contributed by atoms with E-state index in [1.807, 2.05) is 0 Å². The standard InChI is InChI=1S/C18H34N4O2S/c1-3-19-16(20-13-17(2)5-4-9-24-17)21-14-18(6-12-25-15-18)22-7-10-23-11-8-22/h3-15H2,1-2H3,(H2,19,20,21). The van der Waals surface area contributed by atoms with E-state index in [0.29, 0.717) is 0 Å². The number of rotatable bonds is 6. The van der Waals surface area contributed by atoms with Crippen LogP contribution in [-0.4, -0.2) is 86.0 Å². The fraction of sp³-hybridized carbons (Fsp3) is 0.944. The van der Waals surface area contributed by atoms with E-state index >= 15 is 0 Å². The number of ether oxygens (including phenoxy) is 2. The van der Waals surface area contributed by atoms with Crippen LogP contribution in [0, 0.1) is 0 Å². The molecule has 2 unspecified atom stereocenters. The van der Waals surface area contributed by atoms with Crippen LogP contribution in [-0.2, 0) is 9.47 Å². The first-order valence-electron chi connectivity index (χ1n) is 9.73. The minimum atomic E-state index is -0.0543. The summed E-state index contributed by atoms with van der Waals surface area (Å²) >= 11 is 2.06. The van der Waals surface area contributed by atoms with Gasteiger partial charge in [-0.25, -0.2) is 0 Å². The van der Waals surface area contributed by atoms with Gasteiger partial charge in [0.1, 0.15) is 0 Å². The van der Waals surface area contributed by atoms with Gasteiger partial charge in [0.05, 0.1) is 30.9 Å². The smallest absolute Gasteiger partial charge is 0.191 e. The maximum atomic E-state index is 5.89. The average Bonchev–Trinajstić information content (AvgIpc) is 3.29. The van der Waals surface area contributed by atoms with Gasteiger partial charge in [-0.15, -0.1) is 0 Å². The van der Waals surface area contributed by atoms with Crippen LogP contribution in [0.4, 0.5) is 0 Å². The summed E-state index contributed by atoms with van der Waals surface area (Å²) in [4.78, 5) is 7.59. The molecule has 0 aliphatic carbocycles. The van der Waals surface area contributed by atoms with Crippen molar-refractivity contribution in [2.75, 3.05) is 64.1 Å². The highest BCUT2D eigenvalue weighted by Gasteiger charge is 2.40. The van der Waals surface area contributed by atoms with Crippen molar-refractivity contribution < 1.29 is 9.47 Å². The summed E-state index contributed by atoms with van der Waals surface area (Å²) in [5.41, 5.74) is 0.145. The van der Waals surface area contributed by atoms with Crippen LogP contribution in [0.25, 0.3) is 0 Å². The molecule has 3 aliphatic rings. The summed E-state index contributed by atoms with van der Waals surface area (Å²) in [5.74, 6) is 3.34. The molecule has 0 aromatic heterocycles. The number of morpholine rings is 1. The molecular weight excluding hydrogens is 336 g/mol. The van der Waals surface area contributed by atoms with Crippen LogP contribution in [0.2, 0.25) is 0 Å². The molecule has 144 valence electrons. The van der Waals surface area contributed by atoms with Crippen LogP contribution in [0.15, 0.2) is 4.99 Å². The number of hydrogen-bond acceptors (Lipinski definition) is 5. The highest BCUT2D eigenvalue weighted by molar-refractivity contribution is 7.99. The van der Waals surface area contributed by atoms with Crippen LogP contribution in [0.1, 0.15) is 33.1 Å². The number of aliphatic imine (C=N–C) groups is 1. The Labute approximate surface area is 156 Å². The number of hydrogen-bond donors (Lipinski definition) is 2. The number of guanidine groups is 1. The fourth-order valence-corrected chi connectivity index (χ4v) is 5.39. The summed E-state index contributed by atoms with van der Waals surface area (Å²) in [6.45, 7) is 11.5. The molecule has 3 rings (SSSR count). The lowest BCUT2D eigenvalue weighted by Gasteiger charge is -2.42. The Hall–Kier alpha value is -0.500. The van der Waals surface area contributed by atoms with E-state index in [1.54, 1.807) is 0 Å². The van der Waals surface area contributed by atoms with Gasteiger partial charge in [-0.1, -0.05) is 0 Å². The van der Waals surface area contributed by atoms with Crippen LogP contribution < -0.4 is 10.6 Å². The summed E-state index contributed by atoms with van der Waals surface area (Å²) in [7, 11) is 0. The van der Waals surface area contributed by atoms with Crippen molar-refractivity contribution >= 4 is 17.7 Å². The maximum absolute atomic E-state index is 5.89. The molecule has 0 radical (unpaired) electrons. The first kappa shape index (κ1) is 19.3. The summed E-state index contributed by atoms with van der Waals surface area (Å²) in [5, 5.41) is 6.91. The SMILES string of the molecule is CCNC(=NCC1(N2CCOCC2)CCSC1)NCC1(C)CCCO1. The predicted molar refractivity (Wildman–Crippen MR) is 105 cm³/mol. The van der Waals surface area contributed by atoms with Crippen LogP contribution in [0.3, 0.4) is 0 Å². The topological polar surface area (TPSA) is 58.1 Å². The molecule has 0 amide bonds. The Balaban J connectivity index is 1.61. The number of thioether (sulfide) groups is 1. The quantitative estimate of drug-likeness (QED) is 0.543. The zero-order valence-corrected chi connectivity index (χ0v) is 16.6. The lowest BCUT2D eigenvalue weighted by atomic mass is 9.96. The number of nitrogens with zero attached hydrogens (tertiary/aromatic N) is 2. The normalized spacial score (nSPS) is 34.4. The van der Waals surface area contributed by atoms with Gasteiger partial charge in [0.25, 0.3) is 0 Å². The largest absolute Gasteiger partial charge is 0.379 e. The molecule has 2 N–H and O–H groups in total. The predicted octanol–water partition coefficient (Wildman–Crippen LogP) is 1.32. The summed E-state index contributed by atoms with van der Waals surface area (Å²) in [6, 6.07) is 0. The average molecular weight is 371 g/mol. The van der Waals surface area contributed by atoms with Crippen LogP contribution in [0.5, 0.6) is 0 Å². The third kappa shape index (κ3) is 5.02. The monoisotopic (exact) mass is 370 g/mol. The second kappa shape index (κ2) is 8.93. The Morgan fingerprint density at radius 3 is 2.68 bits per heavy atom. The van der Waals surface area contributed by atoms with Crippen molar-refractivity contribution in [2.24, 2.45) is 4.99 Å². The summed E-state index contributed by atoms with van der Waals surface area (Å²) < 4.78 is 11.4. The van der Waals surface area contributed by atoms with Crippen molar-refractivity contribution in [1.82, 2.24) is 15.5 Å². The molecule has 0 bridgehead atoms. The van der Waals surface area contributed by atoms with Crippen molar-refractivity contribution in [2.45, 2.75) is 44.2 Å². The molecule has 0 aromatic carbocycles. The molecule has 3 saturated heterocycles. The zero-order chi connectivity index (χ0) is 17.6. The molecule has 0 spiro atoms. The van der Waals surface area contributed by atoms with Gasteiger partial charge in [0.15, 0.2) is 5.96 Å². The van der Waals surface area contributed by atoms with E-state index < -0.39 is 0 Å². The molecular formula is C18H34N4O2S. The zero-order valence-electron chi connectivity index (χ0n) is 15.8. The third-order valence-corrected chi connectivity index (χ3v) is 6.80. The molecule has 0 aromatic rings. The molecule has 3 aliphatic heterocycles. The first-order chi connectivity index (χ1) is 12.2. The molecule has 3 heterocycles. The molecule has 25 heavy (non-hydrogen) atoms. The second-order valence-corrected chi connectivity index (χ2v) is 8.68. The van der Waals surface area contributed by atoms with Gasteiger partial charge in [0, 0.05) is 38.5 Å². The highest BCUT2D eigenvalue weighted by Crippen LogP contribution is 2.34. The minimum Gasteiger partial charge on any atom is -0.379 e. The Kier molecular flexibility index (Phi) is 6.88. The van der Waals surface area contributed by atoms with Gasteiger partial charge in [0.2, 0.25) is 0 Å². The summed E-state index contributed by atoms with van der Waals surface area (Å²) in [6.07, 6.45) is 3.50. The van der Waals surface area contributed by atoms with Gasteiger partial charge in [-0.05, 0) is 38.9 Å². The van der Waals surface area contributed by atoms with Gasteiger partial charge in [-0.3, -0.25) is 9.89 Å². The molecule has 3 fully saturated rings. The Morgan fingerprint density at radius 1 is 1.20 bits per heavy atom. The van der Waals surface area contributed by atoms with E-state index in [9.17, 15) is 0 Å². The minimum absolute atomic E-state index is 0.0543. The first-order valence-corrected chi connectivity index (χ1v) is 10.9. The third-order valence-electron chi connectivity index (χ3n) is 5.57. The lowest BCUT2D eigenvalue weighted by Crippen LogP contribution is -2.56. The Morgan fingerprint density at radius 2 is 2.04 bits per heavy atom. The van der Waals surface area contributed by atoms with Gasteiger partial charge < -0.3 is 20.1 Å². The fourth-order valence-electron chi connectivity index (χ4n) is 3.92. The van der Waals surface area contributed by atoms with Crippen molar-refractivity contribution in [3.8, 4) is 0 Å². The lowest BCUT2D eigenvalue weighted by molar-refractivity contribution is -0.0104. The van der Waals surface area contributed by atoms with E-state index in [1.165, 1.54) is 17.9 Å². The maximum Gasteiger partial charge on any atom is 0.191 e. The van der Waals surface area contributed by atoms with E-state index in [4.69, 9.17) is 14.5 Å². The van der Waals surface area contributed by atoms with Crippen molar-refractivity contribution in [3.63, 3.8) is 0 Å². The molecule has 7 heteroatoms. The highest BCUT2D eigenvalue weighted by atomic mass is 32.2. The molecule has 0 saturated carbocycles. The molecule has 2 atom stereocenters. The van der Waals surface area contributed by atoms with E-state index in [-0.39, 0.29) is 11.1 Å². The molecule has 6 nitrogen and oxygen atoms in total. The van der Waals surface area contributed by atoms with Gasteiger partial charge in [-0.2, -0.15) is 11.8 Å². The second-order valence-electron chi connectivity index (χ2n) is 7.58. The van der Waals surface area contributed by atoms with E-state index in [2.05, 4.69) is 41.1 Å². The van der Waals surface area contributed by atoms with Crippen molar-refractivity contribution in [1.29, 1.82) is 0 Å². The number of nitrogens with one attached hydrogen (secondary N) is 2. The van der Waals surface area contributed by atoms with Crippen LogP contribution >= 0.6 is 11.8 Å². The van der Waals surface area contributed by atoms with Gasteiger partial charge >= 0.3 is 0 Å².